The first kappa shape index (κ1) is 19.6. The molecule has 0 bridgehead atoms. The van der Waals surface area contributed by atoms with E-state index in [0.717, 1.165) is 38.5 Å². The van der Waals surface area contributed by atoms with E-state index < -0.39 is 4.92 Å². The smallest absolute Gasteiger partial charge is 0.353 e. The van der Waals surface area contributed by atoms with E-state index in [1.165, 1.54) is 4.90 Å². The number of hydrogen-bond donors (Lipinski definition) is 3. The number of ether oxygens (including phenoxy) is 1. The van der Waals surface area contributed by atoms with Crippen molar-refractivity contribution in [3.05, 3.63) is 34.4 Å². The number of hydrogen-bond acceptors (Lipinski definition) is 8. The number of nitrogens with zero attached hydrogens (tertiary/aromatic N) is 4. The Morgan fingerprint density at radius 1 is 1.25 bits per heavy atom. The van der Waals surface area contributed by atoms with Gasteiger partial charge in [0.1, 0.15) is 5.75 Å². The van der Waals surface area contributed by atoms with Crippen molar-refractivity contribution in [1.29, 1.82) is 0 Å². The predicted molar refractivity (Wildman–Crippen MR) is 107 cm³/mol. The third kappa shape index (κ3) is 4.39. The fourth-order valence-corrected chi connectivity index (χ4v) is 3.18. The zero-order valence-corrected chi connectivity index (χ0v) is 16.1. The van der Waals surface area contributed by atoms with Gasteiger partial charge in [-0.05, 0) is 38.1 Å². The number of nitrogen functional groups attached to an aromatic ring is 1. The number of benzene rings is 1. The zero-order chi connectivity index (χ0) is 20.1. The van der Waals surface area contributed by atoms with Crippen molar-refractivity contribution in [2.45, 2.75) is 13.8 Å². The maximum absolute atomic E-state index is 11.5. The molecule has 150 valence electrons. The second-order valence-electron chi connectivity index (χ2n) is 6.54. The Bertz CT molecular complexity index is 821. The van der Waals surface area contributed by atoms with Crippen LogP contribution in [0.1, 0.15) is 13.8 Å². The van der Waals surface area contributed by atoms with E-state index in [1.54, 1.807) is 24.3 Å². The van der Waals surface area contributed by atoms with Crippen LogP contribution in [0.2, 0.25) is 0 Å². The average Bonchev–Trinajstić information content (AvgIpc) is 2.69. The van der Waals surface area contributed by atoms with Crippen LogP contribution in [0.4, 0.5) is 29.0 Å². The monoisotopic (exact) mass is 388 g/mol. The number of aromatic nitrogens is 2. The van der Waals surface area contributed by atoms with E-state index >= 15 is 0 Å². The summed E-state index contributed by atoms with van der Waals surface area (Å²) < 4.78 is 5.42. The van der Waals surface area contributed by atoms with Crippen molar-refractivity contribution < 1.29 is 14.6 Å². The first-order valence-electron chi connectivity index (χ1n) is 9.42. The van der Waals surface area contributed by atoms with E-state index in [2.05, 4.69) is 22.2 Å². The molecule has 28 heavy (non-hydrogen) atoms. The Morgan fingerprint density at radius 3 is 2.50 bits per heavy atom. The van der Waals surface area contributed by atoms with Crippen LogP contribution in [0.25, 0.3) is 0 Å². The van der Waals surface area contributed by atoms with Gasteiger partial charge >= 0.3 is 5.69 Å². The van der Waals surface area contributed by atoms with Gasteiger partial charge in [-0.25, -0.2) is 0 Å². The number of piperazine rings is 1. The van der Waals surface area contributed by atoms with Gasteiger partial charge in [0.25, 0.3) is 0 Å². The van der Waals surface area contributed by atoms with E-state index in [9.17, 15) is 10.1 Å². The van der Waals surface area contributed by atoms with Crippen molar-refractivity contribution >= 4 is 29.0 Å². The van der Waals surface area contributed by atoms with Gasteiger partial charge in [-0.15, -0.1) is 0 Å². The van der Waals surface area contributed by atoms with Crippen LogP contribution in [0, 0.1) is 10.1 Å². The third-order valence-electron chi connectivity index (χ3n) is 4.76. The molecule has 0 saturated carbocycles. The summed E-state index contributed by atoms with van der Waals surface area (Å²) in [5.74, 6) is 1.07. The average molecular weight is 388 g/mol. The number of nitrogens with two attached hydrogens (primary N) is 1. The summed E-state index contributed by atoms with van der Waals surface area (Å²) in [5, 5.41) is 14.5. The molecule has 0 amide bonds. The van der Waals surface area contributed by atoms with Gasteiger partial charge < -0.3 is 25.6 Å². The molecule has 0 atom stereocenters. The Morgan fingerprint density at radius 2 is 1.93 bits per heavy atom. The van der Waals surface area contributed by atoms with Crippen molar-refractivity contribution in [2.75, 3.05) is 55.3 Å². The Labute approximate surface area is 163 Å². The fourth-order valence-electron chi connectivity index (χ4n) is 3.18. The maximum atomic E-state index is 11.5. The summed E-state index contributed by atoms with van der Waals surface area (Å²) in [6.07, 6.45) is 0. The minimum absolute atomic E-state index is 0.0851. The predicted octanol–water partition coefficient (Wildman–Crippen LogP) is 0.834. The Hall–Kier alpha value is -3.14. The van der Waals surface area contributed by atoms with Crippen molar-refractivity contribution in [3.8, 4) is 5.75 Å². The number of likely N-dealkylation sites (N-methyl/N-ethyl adjacent to an activating group) is 1. The molecule has 1 saturated heterocycles. The quantitative estimate of drug-likeness (QED) is 0.471. The fraction of sp³-hybridized carbons (Fsp3) is 0.444. The van der Waals surface area contributed by atoms with Gasteiger partial charge in [0, 0.05) is 5.69 Å². The summed E-state index contributed by atoms with van der Waals surface area (Å²) in [6, 6.07) is 7.12. The molecule has 1 fully saturated rings. The molecule has 1 aromatic carbocycles. The molecular weight excluding hydrogens is 362 g/mol. The lowest BCUT2D eigenvalue weighted by Crippen LogP contribution is -3.14. The van der Waals surface area contributed by atoms with Crippen molar-refractivity contribution in [2.24, 2.45) is 0 Å². The minimum Gasteiger partial charge on any atom is -0.494 e. The van der Waals surface area contributed by atoms with Crippen LogP contribution in [0.15, 0.2) is 24.3 Å². The second-order valence-corrected chi connectivity index (χ2v) is 6.54. The van der Waals surface area contributed by atoms with Gasteiger partial charge in [0.05, 0.1) is 44.3 Å². The molecule has 10 heteroatoms. The molecular formula is C18H26N7O3+. The molecule has 1 aliphatic heterocycles. The van der Waals surface area contributed by atoms with Crippen LogP contribution in [-0.4, -0.2) is 54.2 Å². The van der Waals surface area contributed by atoms with Crippen LogP contribution in [0.5, 0.6) is 5.75 Å². The molecule has 0 aliphatic carbocycles. The molecule has 2 aromatic rings. The first-order chi connectivity index (χ1) is 13.5. The highest BCUT2D eigenvalue weighted by atomic mass is 16.6. The van der Waals surface area contributed by atoms with Crippen molar-refractivity contribution in [3.63, 3.8) is 0 Å². The van der Waals surface area contributed by atoms with Crippen LogP contribution in [-0.2, 0) is 0 Å². The number of nitrogens with one attached hydrogen (secondary N) is 2. The summed E-state index contributed by atoms with van der Waals surface area (Å²) in [7, 11) is 0. The first-order valence-corrected chi connectivity index (χ1v) is 9.42. The summed E-state index contributed by atoms with van der Waals surface area (Å²) in [6.45, 7) is 9.20. The van der Waals surface area contributed by atoms with Crippen LogP contribution in [0.3, 0.4) is 0 Å². The number of anilines is 4. The second kappa shape index (κ2) is 8.70. The largest absolute Gasteiger partial charge is 0.494 e. The van der Waals surface area contributed by atoms with E-state index in [4.69, 9.17) is 10.5 Å². The highest BCUT2D eigenvalue weighted by molar-refractivity contribution is 5.74. The highest BCUT2D eigenvalue weighted by Gasteiger charge is 2.27. The minimum atomic E-state index is -0.560. The molecule has 1 aromatic heterocycles. The van der Waals surface area contributed by atoms with Crippen molar-refractivity contribution in [1.82, 2.24) is 9.97 Å². The number of quaternary nitrogens is 1. The SMILES string of the molecule is CCOc1ccc(Nc2nc(N3CC[NH+](CC)CC3)nc(N)c2[N+](=O)[O-])cc1. The van der Waals surface area contributed by atoms with Gasteiger partial charge in [-0.2, -0.15) is 9.97 Å². The summed E-state index contributed by atoms with van der Waals surface area (Å²) >= 11 is 0. The molecule has 3 rings (SSSR count). The van der Waals surface area contributed by atoms with Gasteiger partial charge in [0.15, 0.2) is 0 Å². The molecule has 0 radical (unpaired) electrons. The van der Waals surface area contributed by atoms with Gasteiger partial charge in [-0.3, -0.25) is 10.1 Å². The standard InChI is InChI=1S/C18H25N7O3/c1-3-23-9-11-24(12-10-23)18-21-16(19)15(25(26)27)17(22-18)20-13-5-7-14(8-6-13)28-4-2/h5-8H,3-4,9-12H2,1-2H3,(H3,19,20,21,22)/p+1. The topological polar surface area (TPSA) is 124 Å². The van der Waals surface area contributed by atoms with Gasteiger partial charge in [-0.1, -0.05) is 0 Å². The van der Waals surface area contributed by atoms with Crippen LogP contribution < -0.4 is 25.6 Å². The van der Waals surface area contributed by atoms with E-state index in [0.29, 0.717) is 18.2 Å². The Balaban J connectivity index is 1.87. The Kier molecular flexibility index (Phi) is 6.09. The summed E-state index contributed by atoms with van der Waals surface area (Å²) in [5.41, 5.74) is 6.24. The molecule has 0 unspecified atom stereocenters. The maximum Gasteiger partial charge on any atom is 0.353 e. The number of nitro groups is 1. The lowest BCUT2D eigenvalue weighted by Gasteiger charge is -2.31. The molecule has 1 aliphatic rings. The molecule has 4 N–H and O–H groups in total. The van der Waals surface area contributed by atoms with Gasteiger partial charge in [0.2, 0.25) is 17.6 Å². The number of rotatable bonds is 7. The molecule has 2 heterocycles. The lowest BCUT2D eigenvalue weighted by molar-refractivity contribution is -0.898. The third-order valence-corrected chi connectivity index (χ3v) is 4.76. The normalized spacial score (nSPS) is 14.7. The molecule has 0 spiro atoms. The van der Waals surface area contributed by atoms with E-state index in [-0.39, 0.29) is 17.3 Å². The molecule has 10 nitrogen and oxygen atoms in total. The van der Waals surface area contributed by atoms with E-state index in [1.807, 2.05) is 11.8 Å². The lowest BCUT2D eigenvalue weighted by atomic mass is 10.3. The zero-order valence-electron chi connectivity index (χ0n) is 16.1. The summed E-state index contributed by atoms with van der Waals surface area (Å²) in [4.78, 5) is 23.1. The van der Waals surface area contributed by atoms with Crippen LogP contribution >= 0.6 is 0 Å². The highest BCUT2D eigenvalue weighted by Crippen LogP contribution is 2.32.